The number of piperidine rings is 3. The average molecular weight is 993 g/mol. The zero-order valence-electron chi connectivity index (χ0n) is 42.1. The Balaban J connectivity index is 0.961. The van der Waals surface area contributed by atoms with Crippen LogP contribution < -0.4 is 20.3 Å². The highest BCUT2D eigenvalue weighted by molar-refractivity contribution is 6.74. The Morgan fingerprint density at radius 1 is 0.915 bits per heavy atom. The maximum atomic E-state index is 13.9. The number of esters is 1. The minimum absolute atomic E-state index is 0.0197. The van der Waals surface area contributed by atoms with E-state index in [2.05, 4.69) is 49.1 Å². The van der Waals surface area contributed by atoms with Gasteiger partial charge in [-0.1, -0.05) is 69.3 Å². The lowest BCUT2D eigenvalue weighted by molar-refractivity contribution is -0.120. The fourth-order valence-electron chi connectivity index (χ4n) is 8.68. The standard InChI is InChI=1S/C54H68N4O12Si/c1-53(2,3)69-52(63)58(33-46(70-71(7,8)54(4,5)6)41-20-23-43(66-35-59)49-42(41)21-24-47(60)55-49)27-12-13-30-64-50(61)44-22-19-40(67-44)34-65-39-18-14-17-38(31-39)48(37-15-10-9-11-16-37)56-51(62)68-45-32-57-28-25-36(45)26-29-57/h9-11,14-24,31,35-36,45-46,48H,12-13,25-30,32-34H2,1-8H3,(H,55,60)(H,56,62)/t45-,46+,48?/m0/s1. The third-order valence-electron chi connectivity index (χ3n) is 13.4. The summed E-state index contributed by atoms with van der Waals surface area (Å²) in [5.41, 5.74) is 1.57. The van der Waals surface area contributed by atoms with E-state index in [0.717, 1.165) is 43.6 Å². The normalized spacial score (nSPS) is 17.7. The zero-order valence-corrected chi connectivity index (χ0v) is 43.1. The summed E-state index contributed by atoms with van der Waals surface area (Å²) >= 11 is 0. The number of H-pyrrole nitrogens is 1. The number of nitrogens with zero attached hydrogens (tertiary/aromatic N) is 2. The van der Waals surface area contributed by atoms with Crippen molar-refractivity contribution in [1.29, 1.82) is 0 Å². The lowest BCUT2D eigenvalue weighted by atomic mass is 9.86. The lowest BCUT2D eigenvalue weighted by Crippen LogP contribution is -2.52. The molecule has 5 heterocycles. The van der Waals surface area contributed by atoms with Crippen LogP contribution in [-0.2, 0) is 30.0 Å². The van der Waals surface area contributed by atoms with Crippen molar-refractivity contribution in [3.63, 3.8) is 0 Å². The molecule has 3 aliphatic rings. The Hall–Kier alpha value is -6.43. The van der Waals surface area contributed by atoms with E-state index >= 15 is 0 Å². The molecule has 0 aliphatic carbocycles. The second-order valence-corrected chi connectivity index (χ2v) is 25.6. The van der Waals surface area contributed by atoms with Crippen molar-refractivity contribution < 1.29 is 51.7 Å². The van der Waals surface area contributed by atoms with Gasteiger partial charge in [-0.3, -0.25) is 14.5 Å². The van der Waals surface area contributed by atoms with Gasteiger partial charge in [0.1, 0.15) is 29.8 Å². The number of benzene rings is 3. The van der Waals surface area contributed by atoms with E-state index in [0.29, 0.717) is 53.2 Å². The summed E-state index contributed by atoms with van der Waals surface area (Å²) in [6.07, 6.45) is 1.17. The predicted octanol–water partition coefficient (Wildman–Crippen LogP) is 10.1. The van der Waals surface area contributed by atoms with Gasteiger partial charge in [0.25, 0.3) is 6.47 Å². The molecule has 0 radical (unpaired) electrons. The van der Waals surface area contributed by atoms with Gasteiger partial charge in [0.05, 0.1) is 30.8 Å². The molecule has 380 valence electrons. The highest BCUT2D eigenvalue weighted by atomic mass is 28.4. The topological polar surface area (TPSA) is 188 Å². The SMILES string of the molecule is CC(C)(C)OC(=O)N(CCCCOC(=O)c1ccc(COc2cccc(C(NC(=O)O[C@H]3CN4CCC3CC4)c3ccccc3)c2)o1)C[C@@H](O[Si](C)(C)C(C)(C)C)c1ccc(OC=O)c2[nH]c(=O)ccc12. The second kappa shape index (κ2) is 22.8. The largest absolute Gasteiger partial charge is 0.486 e. The Morgan fingerprint density at radius 3 is 2.35 bits per heavy atom. The van der Waals surface area contributed by atoms with Crippen molar-refractivity contribution in [3.8, 4) is 11.5 Å². The predicted molar refractivity (Wildman–Crippen MR) is 270 cm³/mol. The van der Waals surface area contributed by atoms with Crippen molar-refractivity contribution in [2.75, 3.05) is 39.3 Å². The number of hydrogen-bond donors (Lipinski definition) is 2. The number of alkyl carbamates (subject to hydrolysis) is 1. The lowest BCUT2D eigenvalue weighted by Gasteiger charge is -2.43. The van der Waals surface area contributed by atoms with Crippen molar-refractivity contribution in [1.82, 2.24) is 20.1 Å². The van der Waals surface area contributed by atoms with E-state index in [4.69, 9.17) is 32.5 Å². The summed E-state index contributed by atoms with van der Waals surface area (Å²) in [7, 11) is -2.50. The molecule has 3 atom stereocenters. The molecule has 2 amide bonds. The van der Waals surface area contributed by atoms with Crippen LogP contribution in [0.5, 0.6) is 11.5 Å². The second-order valence-electron chi connectivity index (χ2n) is 20.8. The van der Waals surface area contributed by atoms with Crippen LogP contribution in [0.4, 0.5) is 9.59 Å². The molecule has 17 heteroatoms. The van der Waals surface area contributed by atoms with Crippen LogP contribution in [-0.4, -0.2) is 98.8 Å². The molecule has 2 aromatic heterocycles. The molecular formula is C54H68N4O12Si. The number of fused-ring (bicyclic) bond motifs is 4. The van der Waals surface area contributed by atoms with Crippen molar-refractivity contribution in [3.05, 3.63) is 130 Å². The van der Waals surface area contributed by atoms with Gasteiger partial charge >= 0.3 is 18.2 Å². The molecule has 0 saturated carbocycles. The van der Waals surface area contributed by atoms with E-state index in [9.17, 15) is 24.0 Å². The summed E-state index contributed by atoms with van der Waals surface area (Å²) in [6, 6.07) is 26.3. The number of carbonyl (C=O) groups excluding carboxylic acids is 4. The molecule has 1 unspecified atom stereocenters. The maximum absolute atomic E-state index is 13.9. The first-order valence-corrected chi connectivity index (χ1v) is 27.3. The van der Waals surface area contributed by atoms with Gasteiger partial charge in [0.2, 0.25) is 11.3 Å². The highest BCUT2D eigenvalue weighted by Gasteiger charge is 2.41. The van der Waals surface area contributed by atoms with E-state index in [1.54, 1.807) is 49.9 Å². The van der Waals surface area contributed by atoms with E-state index in [1.165, 1.54) is 12.1 Å². The summed E-state index contributed by atoms with van der Waals surface area (Å²) in [5, 5.41) is 3.51. The number of unbranched alkanes of at least 4 members (excludes halogenated alkanes) is 1. The summed E-state index contributed by atoms with van der Waals surface area (Å²) in [5.74, 6) is 0.905. The fourth-order valence-corrected chi connectivity index (χ4v) is 9.94. The van der Waals surface area contributed by atoms with Gasteiger partial charge in [0.15, 0.2) is 14.1 Å². The van der Waals surface area contributed by atoms with Crippen LogP contribution in [0.1, 0.15) is 112 Å². The van der Waals surface area contributed by atoms with Crippen LogP contribution in [0.15, 0.2) is 100 Å². The number of aromatic nitrogens is 1. The molecule has 2 bridgehead atoms. The van der Waals surface area contributed by atoms with Gasteiger partial charge < -0.3 is 47.7 Å². The van der Waals surface area contributed by atoms with Crippen LogP contribution in [0.2, 0.25) is 18.1 Å². The van der Waals surface area contributed by atoms with Crippen LogP contribution in [0.25, 0.3) is 10.9 Å². The molecule has 2 N–H and O–H groups in total. The van der Waals surface area contributed by atoms with Gasteiger partial charge in [-0.25, -0.2) is 14.4 Å². The number of ether oxygens (including phenoxy) is 5. The number of furan rings is 1. The minimum atomic E-state index is -2.50. The minimum Gasteiger partial charge on any atom is -0.486 e. The van der Waals surface area contributed by atoms with Crippen molar-refractivity contribution in [2.24, 2.45) is 5.92 Å². The van der Waals surface area contributed by atoms with Crippen LogP contribution in [0.3, 0.4) is 0 Å². The molecule has 3 aromatic carbocycles. The molecule has 8 rings (SSSR count). The molecular weight excluding hydrogens is 925 g/mol. The summed E-state index contributed by atoms with van der Waals surface area (Å²) in [6.45, 7) is 19.6. The molecule has 3 saturated heterocycles. The zero-order chi connectivity index (χ0) is 50.9. The molecule has 16 nitrogen and oxygen atoms in total. The number of rotatable bonds is 20. The number of pyridine rings is 1. The van der Waals surface area contributed by atoms with Crippen molar-refractivity contribution in [2.45, 2.75) is 116 Å². The highest BCUT2D eigenvalue weighted by Crippen LogP contribution is 2.42. The van der Waals surface area contributed by atoms with Gasteiger partial charge in [-0.05, 0) is 137 Å². The Kier molecular flexibility index (Phi) is 16.8. The monoisotopic (exact) mass is 992 g/mol. The molecule has 5 aromatic rings. The number of hydrogen-bond acceptors (Lipinski definition) is 13. The van der Waals surface area contributed by atoms with Crippen LogP contribution >= 0.6 is 0 Å². The Labute approximate surface area is 416 Å². The molecule has 3 fully saturated rings. The molecule has 71 heavy (non-hydrogen) atoms. The average Bonchev–Trinajstić information content (AvgIpc) is 3.81. The summed E-state index contributed by atoms with van der Waals surface area (Å²) in [4.78, 5) is 70.9. The maximum Gasteiger partial charge on any atom is 0.410 e. The van der Waals surface area contributed by atoms with Gasteiger partial charge in [0, 0.05) is 24.5 Å². The first-order chi connectivity index (χ1) is 33.8. The number of aromatic amines is 1. The smallest absolute Gasteiger partial charge is 0.410 e. The van der Waals surface area contributed by atoms with Gasteiger partial charge in [-0.2, -0.15) is 0 Å². The first kappa shape index (κ1) is 52.4. The number of carbonyl (C=O) groups is 4. The number of nitrogens with one attached hydrogen (secondary N) is 2. The quantitative estimate of drug-likeness (QED) is 0.0247. The van der Waals surface area contributed by atoms with Gasteiger partial charge in [-0.15, -0.1) is 0 Å². The summed E-state index contributed by atoms with van der Waals surface area (Å²) < 4.78 is 41.7. The third-order valence-corrected chi connectivity index (χ3v) is 17.9. The molecule has 0 spiro atoms. The molecule has 3 aliphatic heterocycles. The Bertz CT molecular complexity index is 2680. The third kappa shape index (κ3) is 13.9. The first-order valence-electron chi connectivity index (χ1n) is 24.4. The van der Waals surface area contributed by atoms with E-state index in [-0.39, 0.29) is 54.5 Å². The number of amides is 2. The Morgan fingerprint density at radius 2 is 1.66 bits per heavy atom. The fraction of sp³-hybridized carbons (Fsp3) is 0.463. The van der Waals surface area contributed by atoms with E-state index in [1.807, 2.05) is 54.6 Å². The van der Waals surface area contributed by atoms with Crippen LogP contribution in [0, 0.1) is 5.92 Å². The van der Waals surface area contributed by atoms with E-state index < -0.39 is 44.2 Å². The van der Waals surface area contributed by atoms with Crippen molar-refractivity contribution >= 4 is 43.8 Å².